The molecular weight excluding hydrogens is 345 g/mol. The van der Waals surface area contributed by atoms with Crippen LogP contribution >= 0.6 is 0 Å². The molecule has 5 nitrogen and oxygen atoms in total. The number of Topliss-reactive ketones (excluding diaryl/α,β-unsaturated/α-hetero) is 1. The van der Waals surface area contributed by atoms with Gasteiger partial charge >= 0.3 is 0 Å². The summed E-state index contributed by atoms with van der Waals surface area (Å²) in [5.74, 6) is -0.888. The van der Waals surface area contributed by atoms with Gasteiger partial charge in [0.05, 0.1) is 15.9 Å². The van der Waals surface area contributed by atoms with E-state index >= 15 is 0 Å². The molecule has 0 saturated carbocycles. The van der Waals surface area contributed by atoms with Crippen molar-refractivity contribution in [3.05, 3.63) is 77.1 Å². The summed E-state index contributed by atoms with van der Waals surface area (Å²) in [7, 11) is -3.77. The van der Waals surface area contributed by atoms with E-state index in [0.717, 1.165) is 5.41 Å². The second kappa shape index (κ2) is 5.49. The molecule has 0 atom stereocenters. The van der Waals surface area contributed by atoms with Crippen LogP contribution in [0.15, 0.2) is 69.4 Å². The number of fused-ring (bicyclic) bond motifs is 1. The van der Waals surface area contributed by atoms with Crippen molar-refractivity contribution in [1.29, 1.82) is 0 Å². The molecule has 25 heavy (non-hydrogen) atoms. The summed E-state index contributed by atoms with van der Waals surface area (Å²) in [6.45, 7) is 0. The molecule has 0 aliphatic carbocycles. The highest BCUT2D eigenvalue weighted by molar-refractivity contribution is 7.94. The smallest absolute Gasteiger partial charge is 0.201 e. The molecule has 7 heteroatoms. The van der Waals surface area contributed by atoms with E-state index in [9.17, 15) is 17.6 Å². The topological polar surface area (TPSA) is 77.2 Å². The minimum absolute atomic E-state index is 0.0161. The molecule has 1 aliphatic rings. The highest BCUT2D eigenvalue weighted by Gasteiger charge is 2.32. The van der Waals surface area contributed by atoms with Gasteiger partial charge in [0, 0.05) is 17.2 Å². The average Bonchev–Trinajstić information content (AvgIpc) is 3.08. The summed E-state index contributed by atoms with van der Waals surface area (Å²) in [4.78, 5) is 12.6. The summed E-state index contributed by atoms with van der Waals surface area (Å²) in [5.41, 5.74) is 0.749. The zero-order chi connectivity index (χ0) is 17.6. The molecule has 0 spiro atoms. The molecule has 0 N–H and O–H groups in total. The number of sulfone groups is 1. The highest BCUT2D eigenvalue weighted by atomic mass is 32.2. The van der Waals surface area contributed by atoms with Gasteiger partial charge in [0.25, 0.3) is 0 Å². The molecule has 2 heterocycles. The predicted molar refractivity (Wildman–Crippen MR) is 87.8 cm³/mol. The molecule has 3 aromatic rings. The first-order valence-electron chi connectivity index (χ1n) is 7.29. The van der Waals surface area contributed by atoms with Crippen molar-refractivity contribution in [3.63, 3.8) is 0 Å². The lowest BCUT2D eigenvalue weighted by Crippen LogP contribution is -2.15. The van der Waals surface area contributed by atoms with E-state index in [1.165, 1.54) is 36.4 Å². The molecule has 1 aliphatic heterocycles. The van der Waals surface area contributed by atoms with Crippen molar-refractivity contribution < 1.29 is 22.1 Å². The maximum atomic E-state index is 13.3. The fraction of sp³-hybridized carbons (Fsp3) is 0. The molecule has 0 radical (unpaired) electrons. The fourth-order valence-corrected chi connectivity index (χ4v) is 4.07. The second-order valence-corrected chi connectivity index (χ2v) is 7.25. The van der Waals surface area contributed by atoms with Gasteiger partial charge in [-0.25, -0.2) is 12.8 Å². The maximum Gasteiger partial charge on any atom is 0.201 e. The third-order valence-corrected chi connectivity index (χ3v) is 5.37. The number of nitrogens with zero attached hydrogens (tertiary/aromatic N) is 1. The Bertz CT molecular complexity index is 1150. The van der Waals surface area contributed by atoms with Crippen LogP contribution in [0.4, 0.5) is 4.39 Å². The van der Waals surface area contributed by atoms with E-state index in [1.807, 2.05) is 0 Å². The third-order valence-electron chi connectivity index (χ3n) is 3.85. The molecule has 1 aromatic heterocycles. The number of allylic oxidation sites excluding steroid dienone is 1. The van der Waals surface area contributed by atoms with Crippen LogP contribution in [0.25, 0.3) is 16.8 Å². The van der Waals surface area contributed by atoms with Crippen LogP contribution in [0.5, 0.6) is 0 Å². The largest absolute Gasteiger partial charge is 0.355 e. The van der Waals surface area contributed by atoms with Gasteiger partial charge in [-0.1, -0.05) is 29.4 Å². The average molecular weight is 355 g/mol. The molecule has 0 bridgehead atoms. The quantitative estimate of drug-likeness (QED) is 0.703. The van der Waals surface area contributed by atoms with Gasteiger partial charge < -0.3 is 4.52 Å². The van der Waals surface area contributed by atoms with Gasteiger partial charge in [0.15, 0.2) is 11.5 Å². The number of aromatic nitrogens is 1. The lowest BCUT2D eigenvalue weighted by Gasteiger charge is -2.13. The van der Waals surface area contributed by atoms with E-state index in [4.69, 9.17) is 4.52 Å². The molecule has 0 amide bonds. The van der Waals surface area contributed by atoms with Crippen LogP contribution in [-0.2, 0) is 9.84 Å². The fourth-order valence-electron chi connectivity index (χ4n) is 2.68. The van der Waals surface area contributed by atoms with Gasteiger partial charge in [-0.3, -0.25) is 4.79 Å². The first kappa shape index (κ1) is 15.5. The lowest BCUT2D eigenvalue weighted by atomic mass is 10.0. The Balaban J connectivity index is 1.81. The lowest BCUT2D eigenvalue weighted by molar-refractivity contribution is 0.105. The van der Waals surface area contributed by atoms with E-state index in [1.54, 1.807) is 18.2 Å². The predicted octanol–water partition coefficient (Wildman–Crippen LogP) is 3.49. The summed E-state index contributed by atoms with van der Waals surface area (Å²) in [6, 6.07) is 13.1. The van der Waals surface area contributed by atoms with Crippen molar-refractivity contribution in [2.75, 3.05) is 0 Å². The normalized spacial score (nSPS) is 15.6. The number of ketones is 1. The third kappa shape index (κ3) is 2.58. The Morgan fingerprint density at radius 3 is 2.60 bits per heavy atom. The van der Waals surface area contributed by atoms with Crippen molar-refractivity contribution >= 4 is 21.2 Å². The van der Waals surface area contributed by atoms with Crippen LogP contribution in [0.1, 0.15) is 16.1 Å². The summed E-state index contributed by atoms with van der Waals surface area (Å²) >= 11 is 0. The molecule has 2 aromatic carbocycles. The Kier molecular flexibility index (Phi) is 3.40. The zero-order valence-electron chi connectivity index (χ0n) is 12.6. The Labute approximate surface area is 142 Å². The van der Waals surface area contributed by atoms with E-state index in [0.29, 0.717) is 11.3 Å². The zero-order valence-corrected chi connectivity index (χ0v) is 13.5. The monoisotopic (exact) mass is 355 g/mol. The number of rotatable bonds is 2. The number of halogens is 1. The number of benzene rings is 2. The van der Waals surface area contributed by atoms with Crippen LogP contribution in [0.2, 0.25) is 0 Å². The minimum Gasteiger partial charge on any atom is -0.355 e. The van der Waals surface area contributed by atoms with Crippen molar-refractivity contribution in [2.24, 2.45) is 0 Å². The highest BCUT2D eigenvalue weighted by Crippen LogP contribution is 2.33. The number of carbonyl (C=O) groups is 1. The van der Waals surface area contributed by atoms with Gasteiger partial charge in [-0.05, 0) is 24.3 Å². The van der Waals surface area contributed by atoms with Crippen molar-refractivity contribution in [2.45, 2.75) is 4.90 Å². The Hall–Kier alpha value is -3.06. The van der Waals surface area contributed by atoms with E-state index in [2.05, 4.69) is 5.16 Å². The number of carbonyl (C=O) groups excluding carboxylic acids is 1. The van der Waals surface area contributed by atoms with Crippen LogP contribution in [0, 0.1) is 5.82 Å². The van der Waals surface area contributed by atoms with Crippen LogP contribution < -0.4 is 0 Å². The second-order valence-electron chi connectivity index (χ2n) is 5.49. The molecule has 124 valence electrons. The molecule has 0 unspecified atom stereocenters. The van der Waals surface area contributed by atoms with E-state index in [-0.39, 0.29) is 21.8 Å². The van der Waals surface area contributed by atoms with Crippen molar-refractivity contribution in [1.82, 2.24) is 5.16 Å². The first-order valence-corrected chi connectivity index (χ1v) is 8.84. The van der Waals surface area contributed by atoms with Crippen LogP contribution in [0.3, 0.4) is 0 Å². The van der Waals surface area contributed by atoms with Crippen LogP contribution in [-0.4, -0.2) is 19.4 Å². The summed E-state index contributed by atoms with van der Waals surface area (Å²) < 4.78 is 43.3. The number of hydrogen-bond donors (Lipinski definition) is 0. The summed E-state index contributed by atoms with van der Waals surface area (Å²) in [5, 5.41) is 4.69. The van der Waals surface area contributed by atoms with Gasteiger partial charge in [0.1, 0.15) is 11.5 Å². The number of hydrogen-bond acceptors (Lipinski definition) is 5. The SMILES string of the molecule is O=C1C(c2cc(-c3cccc(F)c3)no2)=CS(=O)(=O)c2ccccc21. The first-order chi connectivity index (χ1) is 12.0. The maximum absolute atomic E-state index is 13.3. The Morgan fingerprint density at radius 1 is 1.00 bits per heavy atom. The Morgan fingerprint density at radius 2 is 1.80 bits per heavy atom. The molecule has 0 saturated heterocycles. The molecule has 0 fully saturated rings. The van der Waals surface area contributed by atoms with Gasteiger partial charge in [-0.15, -0.1) is 0 Å². The van der Waals surface area contributed by atoms with Gasteiger partial charge in [0.2, 0.25) is 9.84 Å². The van der Waals surface area contributed by atoms with Gasteiger partial charge in [-0.2, -0.15) is 0 Å². The minimum atomic E-state index is -3.77. The van der Waals surface area contributed by atoms with E-state index < -0.39 is 21.4 Å². The molecular formula is C18H10FNO4S. The molecule has 4 rings (SSSR count). The summed E-state index contributed by atoms with van der Waals surface area (Å²) in [6.07, 6.45) is 0. The van der Waals surface area contributed by atoms with Crippen molar-refractivity contribution in [3.8, 4) is 11.3 Å². The standard InChI is InChI=1S/C18H10FNO4S/c19-12-5-3-4-11(8-12)15-9-16(24-20-15)14-10-25(22,23)17-7-2-1-6-13(17)18(14)21/h1-10H.